The molecule has 1 unspecified atom stereocenters. The highest BCUT2D eigenvalue weighted by atomic mass is 32.2. The molecule has 736 valence electrons. The van der Waals surface area contributed by atoms with Crippen LogP contribution in [-0.4, -0.2) is 323 Å². The van der Waals surface area contributed by atoms with E-state index in [-0.39, 0.29) is 82.3 Å². The summed E-state index contributed by atoms with van der Waals surface area (Å²) in [6.45, 7) is 2.22. The van der Waals surface area contributed by atoms with E-state index in [2.05, 4.69) is 73.4 Å². The van der Waals surface area contributed by atoms with Crippen molar-refractivity contribution < 1.29 is 102 Å². The second kappa shape index (κ2) is 50.5. The van der Waals surface area contributed by atoms with Gasteiger partial charge in [-0.25, -0.2) is 4.98 Å². The third-order valence-electron chi connectivity index (χ3n) is 23.9. The molecule has 0 saturated carbocycles. The van der Waals surface area contributed by atoms with Gasteiger partial charge in [0.2, 0.25) is 106 Å². The number of aromatic amines is 2. The van der Waals surface area contributed by atoms with Gasteiger partial charge in [0, 0.05) is 112 Å². The lowest BCUT2D eigenvalue weighted by molar-refractivity contribution is -0.149. The number of nitrogens with zero attached hydrogens (tertiary/aromatic N) is 6. The molecule has 0 aliphatic carbocycles. The summed E-state index contributed by atoms with van der Waals surface area (Å²) in [5, 5.41) is 72.1. The van der Waals surface area contributed by atoms with Gasteiger partial charge in [0.1, 0.15) is 90.3 Å². The number of guanidine groups is 1. The molecule has 25 N–H and O–H groups in total. The van der Waals surface area contributed by atoms with E-state index in [1.165, 1.54) is 76.2 Å². The first-order chi connectivity index (χ1) is 64.8. The number of thiophene rings is 1. The molecule has 0 radical (unpaired) electrons. The van der Waals surface area contributed by atoms with E-state index in [0.717, 1.165) is 41.0 Å². The molecular formula is C89H122N24O21S2. The molecule has 136 heavy (non-hydrogen) atoms. The average Bonchev–Trinajstić information content (AvgIpc) is 1.53. The van der Waals surface area contributed by atoms with Crippen molar-refractivity contribution in [3.8, 4) is 5.75 Å². The maximum atomic E-state index is 15.8. The quantitative estimate of drug-likeness (QED) is 0.0139. The number of benzene rings is 3. The van der Waals surface area contributed by atoms with Crippen molar-refractivity contribution in [2.75, 3.05) is 65.4 Å². The summed E-state index contributed by atoms with van der Waals surface area (Å²) in [7, 11) is 3.86. The Kier molecular flexibility index (Phi) is 39.3. The van der Waals surface area contributed by atoms with Gasteiger partial charge < -0.3 is 131 Å². The van der Waals surface area contributed by atoms with Crippen LogP contribution in [0.3, 0.4) is 0 Å². The van der Waals surface area contributed by atoms with Crippen LogP contribution in [0.5, 0.6) is 5.75 Å². The number of phenolic OH excluding ortho intramolecular Hbond substituents is 1. The summed E-state index contributed by atoms with van der Waals surface area (Å²) in [5.74, 6) is -19.9. The Morgan fingerprint density at radius 1 is 0.544 bits per heavy atom. The number of nitrogens with two attached hydrogens (primary N) is 4. The first-order valence-corrected chi connectivity index (χ1v) is 46.8. The molecule has 45 nitrogen and oxygen atoms in total. The van der Waals surface area contributed by atoms with Crippen LogP contribution < -0.4 is 81.4 Å². The Morgan fingerprint density at radius 2 is 1.10 bits per heavy atom. The number of phenols is 1. The zero-order chi connectivity index (χ0) is 99.3. The molecule has 15 atom stereocenters. The van der Waals surface area contributed by atoms with E-state index < -0.39 is 260 Å². The fourth-order valence-corrected chi connectivity index (χ4v) is 18.2. The Balaban J connectivity index is 1.10. The van der Waals surface area contributed by atoms with Gasteiger partial charge in [-0.2, -0.15) is 0 Å². The lowest BCUT2D eigenvalue weighted by atomic mass is 10.00. The van der Waals surface area contributed by atoms with Crippen molar-refractivity contribution >= 4 is 156 Å². The molecule has 9 rings (SSSR count). The summed E-state index contributed by atoms with van der Waals surface area (Å²) >= 11 is 2.08. The van der Waals surface area contributed by atoms with E-state index in [4.69, 9.17) is 28.3 Å². The third-order valence-corrected chi connectivity index (χ3v) is 26.0. The number of aromatic nitrogens is 3. The smallest absolute Gasteiger partial charge is 0.246 e. The molecule has 6 heterocycles. The topological polar surface area (TPSA) is 689 Å². The Bertz CT molecular complexity index is 5310. The largest absolute Gasteiger partial charge is 0.508 e. The molecule has 3 aromatic heterocycles. The average molecular weight is 1930 g/mol. The highest BCUT2D eigenvalue weighted by Crippen LogP contribution is 2.30. The molecule has 3 aliphatic rings. The maximum Gasteiger partial charge on any atom is 0.246 e. The van der Waals surface area contributed by atoms with E-state index >= 15 is 33.6 Å². The van der Waals surface area contributed by atoms with Gasteiger partial charge in [-0.3, -0.25) is 91.7 Å². The first-order valence-electron chi connectivity index (χ1n) is 44.8. The molecule has 3 saturated heterocycles. The van der Waals surface area contributed by atoms with Gasteiger partial charge in [-0.05, 0) is 97.2 Å². The number of rotatable bonds is 26. The minimum atomic E-state index is -1.96. The number of unbranched alkanes of at least 4 members (excludes halogenated alkanes) is 2. The van der Waals surface area contributed by atoms with Crippen LogP contribution in [-0.2, 0) is 112 Å². The second-order valence-corrected chi connectivity index (χ2v) is 35.9. The van der Waals surface area contributed by atoms with Crippen molar-refractivity contribution in [2.45, 2.75) is 221 Å². The van der Waals surface area contributed by atoms with Gasteiger partial charge in [0.05, 0.1) is 44.2 Å². The number of H-pyrrole nitrogens is 2. The molecule has 18 amide bonds. The van der Waals surface area contributed by atoms with Gasteiger partial charge in [-0.15, -0.1) is 23.1 Å². The molecule has 6 aromatic rings. The normalized spacial score (nSPS) is 24.6. The molecular weight excluding hydrogens is 1810 g/mol. The highest BCUT2D eigenvalue weighted by molar-refractivity contribution is 8.00. The van der Waals surface area contributed by atoms with Gasteiger partial charge in [0.15, 0.2) is 5.96 Å². The highest BCUT2D eigenvalue weighted by Gasteiger charge is 2.47. The number of thioether (sulfide) groups is 1. The van der Waals surface area contributed by atoms with Gasteiger partial charge >= 0.3 is 0 Å². The van der Waals surface area contributed by atoms with Gasteiger partial charge in [-0.1, -0.05) is 88.1 Å². The van der Waals surface area contributed by atoms with Crippen molar-refractivity contribution in [1.82, 2.24) is 97.9 Å². The molecule has 3 fully saturated rings. The summed E-state index contributed by atoms with van der Waals surface area (Å²) < 4.78 is 0.793. The summed E-state index contributed by atoms with van der Waals surface area (Å²) in [4.78, 5) is 278. The number of aromatic hydroxyl groups is 1. The number of para-hydroxylation sites is 1. The molecule has 0 bridgehead atoms. The number of nitrogens with one attached hydrogen (secondary N) is 14. The van der Waals surface area contributed by atoms with Crippen LogP contribution in [0.15, 0.2) is 96.9 Å². The van der Waals surface area contributed by atoms with Crippen LogP contribution in [0, 0.1) is 5.41 Å². The Labute approximate surface area is 791 Å². The number of carbonyl (C=O) groups is 18. The number of aliphatic hydroxyl groups excluding tert-OH is 2. The SMILES string of the molecule is CCCC[C@H]1C(=O)N(C)[C@@H](CCCC)C(=O)N[C@@H](CCCNC(=N)N)C(=O)NC(C(=O)NCC(N)=O)CSCC(=O)N[C@@H](Cc2ccc(O)cc2)C(=O)N(C)[C@@H](C)C(=O)N[C@@H](CC(N)=O)C(=O)N2CCC[C@H]2C(=O)N[C@@H](Cc2cnc[nH]2)C(=O)N[C@@H](CC(N)=O)C(=O)N2C[C@H](O)C[C@H]2C(=O)N[C@@H](Cc2c[nH]c3ccccc23)C(=O)N[C@@H](CO)C(=O)N[C@@H](Cc2csc3ccccc23)C(=O)N1C. The zero-order valence-electron chi connectivity index (χ0n) is 76.4. The van der Waals surface area contributed by atoms with Crippen LogP contribution in [0.4, 0.5) is 0 Å². The summed E-state index contributed by atoms with van der Waals surface area (Å²) in [6.07, 6.45) is 0.358. The van der Waals surface area contributed by atoms with E-state index in [0.29, 0.717) is 58.7 Å². The molecule has 3 aromatic carbocycles. The standard InChI is InChI=1S/C89H122N24O21S2/c1-7-9-21-66-81(127)101-57(20-15-29-96-89(93)94)77(123)108-65(76(122)98-40-73(92)119)44-135-45-74(120)100-60(31-48-25-27-52(115)28-26-48)84(130)109(4)47(3)75(121)104-62(36-71(90)117)86(132)112-30-16-23-67(112)82(128)103-59(34-51-39-95-46-99-51)79(125)106-63(37-72(91)118)87(133)113-41-53(116)35-69(113)83(129)102-58(32-49-38-97-56-19-13-11-17-54(49)56)78(124)107-64(42-114)80(126)105-61(33-50-43-136-70-24-14-12-18-55(50)70)85(131)111(6)68(22-10-8-2)88(134)110(66)5/h11-14,17-19,24-28,38-39,43,46-47,53,57-69,97,114-116H,7-10,15-16,20-23,29-37,40-42,44-45H2,1-6H3,(H2,90,117)(H2,91,118)(H2,92,119)(H,95,99)(H,98,122)(H,100,120)(H,101,127)(H,102,129)(H,103,128)(H,104,121)(H,105,126)(H,106,125)(H,107,124)(H,108,123)(H4,93,94,96)/t47-,53+,57-,58-,59-,60-,61-,62-,63-,64-,65?,66-,67-,68-,69-/m0/s1. The lowest BCUT2D eigenvalue weighted by Gasteiger charge is -2.36. The van der Waals surface area contributed by atoms with Crippen LogP contribution in [0.2, 0.25) is 0 Å². The van der Waals surface area contributed by atoms with Crippen molar-refractivity contribution in [3.63, 3.8) is 0 Å². The summed E-state index contributed by atoms with van der Waals surface area (Å²) in [5.41, 5.74) is 24.7. The van der Waals surface area contributed by atoms with Crippen molar-refractivity contribution in [3.05, 3.63) is 119 Å². The van der Waals surface area contributed by atoms with Crippen molar-refractivity contribution in [2.24, 2.45) is 22.9 Å². The maximum absolute atomic E-state index is 15.8. The monoisotopic (exact) mass is 1930 g/mol. The number of primary amides is 3. The van der Waals surface area contributed by atoms with E-state index in [1.54, 1.807) is 54.0 Å². The fourth-order valence-electron chi connectivity index (χ4n) is 16.4. The Morgan fingerprint density at radius 3 is 1.74 bits per heavy atom. The van der Waals surface area contributed by atoms with E-state index in [1.807, 2.05) is 19.9 Å². The third kappa shape index (κ3) is 29.3. The minimum Gasteiger partial charge on any atom is -0.508 e. The number of fused-ring (bicyclic) bond motifs is 4. The minimum absolute atomic E-state index is 0.0228. The van der Waals surface area contributed by atoms with Crippen molar-refractivity contribution in [1.29, 1.82) is 5.41 Å². The number of carbonyl (C=O) groups excluding carboxylic acids is 18. The molecule has 47 heteroatoms. The number of aliphatic hydroxyl groups is 2. The molecule has 3 aliphatic heterocycles. The zero-order valence-corrected chi connectivity index (χ0v) is 78.0. The number of likely N-dealkylation sites (N-methyl/N-ethyl adjacent to an activating group) is 3. The molecule has 0 spiro atoms. The summed E-state index contributed by atoms with van der Waals surface area (Å²) in [6, 6.07) is -3.42. The predicted molar refractivity (Wildman–Crippen MR) is 498 cm³/mol. The number of hydrogen-bond acceptors (Lipinski definition) is 25. The van der Waals surface area contributed by atoms with Crippen LogP contribution in [0.1, 0.15) is 127 Å². The van der Waals surface area contributed by atoms with Crippen LogP contribution >= 0.6 is 23.1 Å². The number of amides is 18. The number of hydrogen-bond donors (Lipinski definition) is 21. The van der Waals surface area contributed by atoms with E-state index in [9.17, 15) is 68.1 Å². The fraction of sp³-hybridized carbons (Fsp3) is 0.506. The first kappa shape index (κ1) is 106. The predicted octanol–water partition coefficient (Wildman–Crippen LogP) is -4.37. The van der Waals surface area contributed by atoms with Crippen LogP contribution in [0.25, 0.3) is 21.0 Å². The lowest BCUT2D eigenvalue weighted by Crippen LogP contribution is -2.62. The Hall–Kier alpha value is -13.8. The second-order valence-electron chi connectivity index (χ2n) is 33.9. The number of imidazole rings is 1. The van der Waals surface area contributed by atoms with Gasteiger partial charge in [0.25, 0.3) is 0 Å².